The topological polar surface area (TPSA) is 85.6 Å². The van der Waals surface area contributed by atoms with Gasteiger partial charge in [-0.3, -0.25) is 9.69 Å². The molecule has 5 rings (SSSR count). The molecule has 2 fully saturated rings. The standard InChI is InChI=1S/C20H26N4O3/c25-12-16-4-3-15(27-16)11-23-9-6-20(7-10-23)18-17(21-13-22-18)5-8-24(20)19(26)14-1-2-14/h3-4,13-14,25H,1-2,5-12H2,(H,21,22). The highest BCUT2D eigenvalue weighted by atomic mass is 16.4. The van der Waals surface area contributed by atoms with Crippen LogP contribution in [0.1, 0.15) is 48.6 Å². The Balaban J connectivity index is 1.35. The summed E-state index contributed by atoms with van der Waals surface area (Å²) < 4.78 is 5.64. The van der Waals surface area contributed by atoms with Crippen LogP contribution in [0.3, 0.4) is 0 Å². The Morgan fingerprint density at radius 3 is 2.74 bits per heavy atom. The molecule has 27 heavy (non-hydrogen) atoms. The Labute approximate surface area is 158 Å². The lowest BCUT2D eigenvalue weighted by Crippen LogP contribution is -2.58. The number of aromatic amines is 1. The van der Waals surface area contributed by atoms with Crippen LogP contribution in [-0.2, 0) is 29.9 Å². The van der Waals surface area contributed by atoms with Crippen molar-refractivity contribution in [3.8, 4) is 0 Å². The van der Waals surface area contributed by atoms with Gasteiger partial charge in [-0.1, -0.05) is 0 Å². The van der Waals surface area contributed by atoms with Gasteiger partial charge in [0.1, 0.15) is 18.1 Å². The van der Waals surface area contributed by atoms with Gasteiger partial charge in [-0.05, 0) is 37.8 Å². The molecule has 2 aliphatic heterocycles. The maximum absolute atomic E-state index is 13.0. The number of fused-ring (bicyclic) bond motifs is 2. The molecule has 0 radical (unpaired) electrons. The molecule has 144 valence electrons. The molecule has 1 spiro atoms. The average Bonchev–Trinajstić information content (AvgIpc) is 3.25. The van der Waals surface area contributed by atoms with Crippen LogP contribution in [0.4, 0.5) is 0 Å². The third-order valence-electron chi connectivity index (χ3n) is 6.39. The van der Waals surface area contributed by atoms with E-state index < -0.39 is 0 Å². The second-order valence-corrected chi connectivity index (χ2v) is 8.08. The van der Waals surface area contributed by atoms with Crippen LogP contribution in [0, 0.1) is 5.92 Å². The Kier molecular flexibility index (Phi) is 4.09. The molecule has 0 bridgehead atoms. The summed E-state index contributed by atoms with van der Waals surface area (Å²) in [5, 5.41) is 9.17. The number of rotatable bonds is 4. The molecule has 1 amide bonds. The Morgan fingerprint density at radius 2 is 2.04 bits per heavy atom. The highest BCUT2D eigenvalue weighted by molar-refractivity contribution is 5.82. The number of H-pyrrole nitrogens is 1. The number of furan rings is 1. The summed E-state index contributed by atoms with van der Waals surface area (Å²) in [4.78, 5) is 25.5. The second-order valence-electron chi connectivity index (χ2n) is 8.08. The minimum absolute atomic E-state index is 0.0662. The minimum Gasteiger partial charge on any atom is -0.462 e. The zero-order valence-corrected chi connectivity index (χ0v) is 15.5. The zero-order valence-electron chi connectivity index (χ0n) is 15.5. The highest BCUT2D eigenvalue weighted by Gasteiger charge is 2.50. The molecule has 4 heterocycles. The summed E-state index contributed by atoms with van der Waals surface area (Å²) in [5.74, 6) is 2.05. The average molecular weight is 370 g/mol. The number of hydrogen-bond acceptors (Lipinski definition) is 5. The molecule has 1 saturated carbocycles. The molecule has 1 aliphatic carbocycles. The maximum atomic E-state index is 13.0. The number of aliphatic hydroxyl groups is 1. The van der Waals surface area contributed by atoms with E-state index in [0.717, 1.165) is 69.7 Å². The molecular formula is C20H26N4O3. The number of carbonyl (C=O) groups excluding carboxylic acids is 1. The number of imidazole rings is 1. The summed E-state index contributed by atoms with van der Waals surface area (Å²) in [6.07, 6.45) is 6.53. The van der Waals surface area contributed by atoms with E-state index in [1.54, 1.807) is 6.33 Å². The fraction of sp³-hybridized carbons (Fsp3) is 0.600. The van der Waals surface area contributed by atoms with Crippen molar-refractivity contribution in [3.05, 3.63) is 41.4 Å². The van der Waals surface area contributed by atoms with Gasteiger partial charge in [0, 0.05) is 37.7 Å². The number of carbonyl (C=O) groups is 1. The summed E-state index contributed by atoms with van der Waals surface area (Å²) in [7, 11) is 0. The van der Waals surface area contributed by atoms with Gasteiger partial charge in [-0.2, -0.15) is 0 Å². The lowest BCUT2D eigenvalue weighted by Gasteiger charge is -2.50. The number of aliphatic hydroxyl groups excluding tert-OH is 1. The summed E-state index contributed by atoms with van der Waals surface area (Å²) in [6.45, 7) is 3.26. The van der Waals surface area contributed by atoms with Crippen molar-refractivity contribution in [1.82, 2.24) is 19.8 Å². The minimum atomic E-state index is -0.261. The quantitative estimate of drug-likeness (QED) is 0.857. The van der Waals surface area contributed by atoms with Crippen LogP contribution in [0.15, 0.2) is 22.9 Å². The van der Waals surface area contributed by atoms with Gasteiger partial charge in [0.05, 0.1) is 24.1 Å². The third kappa shape index (κ3) is 2.89. The van der Waals surface area contributed by atoms with E-state index in [1.807, 2.05) is 12.1 Å². The van der Waals surface area contributed by atoms with Crippen molar-refractivity contribution in [3.63, 3.8) is 0 Å². The fourth-order valence-electron chi connectivity index (χ4n) is 4.75. The van der Waals surface area contributed by atoms with Crippen molar-refractivity contribution in [2.24, 2.45) is 5.92 Å². The van der Waals surface area contributed by atoms with Crippen LogP contribution < -0.4 is 0 Å². The molecule has 2 N–H and O–H groups in total. The van der Waals surface area contributed by atoms with Crippen molar-refractivity contribution in [2.45, 2.75) is 50.8 Å². The van der Waals surface area contributed by atoms with Crippen LogP contribution >= 0.6 is 0 Å². The first kappa shape index (κ1) is 17.0. The lowest BCUT2D eigenvalue weighted by atomic mass is 9.78. The van der Waals surface area contributed by atoms with Gasteiger partial charge in [0.25, 0.3) is 0 Å². The number of nitrogens with one attached hydrogen (secondary N) is 1. The van der Waals surface area contributed by atoms with Gasteiger partial charge in [-0.15, -0.1) is 0 Å². The van der Waals surface area contributed by atoms with E-state index >= 15 is 0 Å². The van der Waals surface area contributed by atoms with Crippen LogP contribution in [0.2, 0.25) is 0 Å². The molecule has 7 nitrogen and oxygen atoms in total. The molecular weight excluding hydrogens is 344 g/mol. The van der Waals surface area contributed by atoms with Gasteiger partial charge >= 0.3 is 0 Å². The van der Waals surface area contributed by atoms with E-state index in [9.17, 15) is 9.90 Å². The van der Waals surface area contributed by atoms with Gasteiger partial charge in [-0.25, -0.2) is 4.98 Å². The molecule has 0 unspecified atom stereocenters. The van der Waals surface area contributed by atoms with Crippen molar-refractivity contribution in [1.29, 1.82) is 0 Å². The van der Waals surface area contributed by atoms with Crippen molar-refractivity contribution >= 4 is 5.91 Å². The first-order chi connectivity index (χ1) is 13.2. The third-order valence-corrected chi connectivity index (χ3v) is 6.39. The predicted octanol–water partition coefficient (Wildman–Crippen LogP) is 1.78. The van der Waals surface area contributed by atoms with Crippen molar-refractivity contribution < 1.29 is 14.3 Å². The van der Waals surface area contributed by atoms with Crippen molar-refractivity contribution in [2.75, 3.05) is 19.6 Å². The highest BCUT2D eigenvalue weighted by Crippen LogP contribution is 2.45. The Bertz CT molecular complexity index is 830. The second kappa shape index (κ2) is 6.49. The fourth-order valence-corrected chi connectivity index (χ4v) is 4.75. The van der Waals surface area contributed by atoms with E-state index in [2.05, 4.69) is 19.8 Å². The van der Waals surface area contributed by atoms with Crippen LogP contribution in [-0.4, -0.2) is 50.4 Å². The molecule has 1 saturated heterocycles. The molecule has 2 aromatic heterocycles. The first-order valence-corrected chi connectivity index (χ1v) is 9.94. The van der Waals surface area contributed by atoms with Crippen LogP contribution in [0.5, 0.6) is 0 Å². The number of aromatic nitrogens is 2. The number of amides is 1. The normalized spacial score (nSPS) is 22.2. The van der Waals surface area contributed by atoms with E-state index in [0.29, 0.717) is 11.7 Å². The largest absolute Gasteiger partial charge is 0.462 e. The molecule has 0 aromatic carbocycles. The predicted molar refractivity (Wildman–Crippen MR) is 97.5 cm³/mol. The van der Waals surface area contributed by atoms with E-state index in [-0.39, 0.29) is 18.1 Å². The summed E-state index contributed by atoms with van der Waals surface area (Å²) >= 11 is 0. The number of piperidine rings is 1. The monoisotopic (exact) mass is 370 g/mol. The lowest BCUT2D eigenvalue weighted by molar-refractivity contribution is -0.143. The molecule has 0 atom stereocenters. The smallest absolute Gasteiger partial charge is 0.226 e. The number of hydrogen-bond donors (Lipinski definition) is 2. The number of nitrogens with zero attached hydrogens (tertiary/aromatic N) is 3. The molecule has 2 aromatic rings. The summed E-state index contributed by atoms with van der Waals surface area (Å²) in [6, 6.07) is 3.76. The summed E-state index contributed by atoms with van der Waals surface area (Å²) in [5.41, 5.74) is 2.02. The van der Waals surface area contributed by atoms with Gasteiger partial charge in [0.2, 0.25) is 5.91 Å². The SMILES string of the molecule is O=C(C1CC1)N1CCc2[nH]cnc2C12CCN(Cc1ccc(CO)o1)CC2. The van der Waals surface area contributed by atoms with Gasteiger partial charge in [0.15, 0.2) is 0 Å². The molecule has 7 heteroatoms. The van der Waals surface area contributed by atoms with E-state index in [4.69, 9.17) is 4.42 Å². The zero-order chi connectivity index (χ0) is 18.4. The number of likely N-dealkylation sites (tertiary alicyclic amines) is 1. The van der Waals surface area contributed by atoms with E-state index in [1.165, 1.54) is 5.69 Å². The van der Waals surface area contributed by atoms with Crippen LogP contribution in [0.25, 0.3) is 0 Å². The van der Waals surface area contributed by atoms with Gasteiger partial charge < -0.3 is 19.4 Å². The first-order valence-electron chi connectivity index (χ1n) is 9.94. The molecule has 3 aliphatic rings. The Morgan fingerprint density at radius 1 is 1.26 bits per heavy atom. The maximum Gasteiger partial charge on any atom is 0.226 e. The Hall–Kier alpha value is -2.12.